The fourth-order valence-electron chi connectivity index (χ4n) is 3.40. The number of phenolic OH excluding ortho intramolecular Hbond substituents is 1. The van der Waals surface area contributed by atoms with Crippen molar-refractivity contribution in [3.05, 3.63) is 42.2 Å². The maximum Gasteiger partial charge on any atom is 0.321 e. The van der Waals surface area contributed by atoms with Gasteiger partial charge >= 0.3 is 6.03 Å². The van der Waals surface area contributed by atoms with Crippen molar-refractivity contribution in [3.8, 4) is 5.75 Å². The van der Waals surface area contributed by atoms with Crippen molar-refractivity contribution in [1.82, 2.24) is 14.7 Å². The number of carbonyl (C=O) groups excluding carboxylic acids is 1. The van der Waals surface area contributed by atoms with E-state index in [2.05, 4.69) is 10.4 Å². The van der Waals surface area contributed by atoms with Gasteiger partial charge in [0.15, 0.2) is 0 Å². The van der Waals surface area contributed by atoms with Crippen LogP contribution in [0, 0.1) is 5.92 Å². The fourth-order valence-corrected chi connectivity index (χ4v) is 3.40. The van der Waals surface area contributed by atoms with E-state index in [1.165, 1.54) is 5.56 Å². The van der Waals surface area contributed by atoms with Crippen LogP contribution in [0.15, 0.2) is 36.7 Å². The Bertz CT molecular complexity index is 721. The third-order valence-corrected chi connectivity index (χ3v) is 5.09. The monoisotopic (exact) mass is 372 g/mol. The van der Waals surface area contributed by atoms with E-state index in [1.807, 2.05) is 23.2 Å². The number of phenols is 1. The van der Waals surface area contributed by atoms with Crippen LogP contribution >= 0.6 is 0 Å². The molecule has 2 N–H and O–H groups in total. The first-order valence-corrected chi connectivity index (χ1v) is 9.49. The standard InChI is InChI=1S/C20H28N4O3/c1-27-13-12-24-15-18(14-21-24)22-20(26)23-10-8-17(9-11-23)3-2-16-4-6-19(25)7-5-16/h4-7,14-15,17,25H,2-3,8-13H2,1H3,(H,22,26). The molecule has 2 amide bonds. The van der Waals surface area contributed by atoms with Gasteiger partial charge < -0.3 is 20.1 Å². The number of ether oxygens (including phenoxy) is 1. The first-order valence-electron chi connectivity index (χ1n) is 9.49. The molecule has 27 heavy (non-hydrogen) atoms. The van der Waals surface area contributed by atoms with E-state index in [9.17, 15) is 9.90 Å². The Kier molecular flexibility index (Phi) is 6.70. The van der Waals surface area contributed by atoms with Gasteiger partial charge in [-0.1, -0.05) is 12.1 Å². The number of nitrogens with one attached hydrogen (secondary N) is 1. The van der Waals surface area contributed by atoms with Crippen LogP contribution in [0.4, 0.5) is 10.5 Å². The van der Waals surface area contributed by atoms with Crippen molar-refractivity contribution >= 4 is 11.7 Å². The molecule has 0 saturated carbocycles. The Hall–Kier alpha value is -2.54. The number of urea groups is 1. The summed E-state index contributed by atoms with van der Waals surface area (Å²) in [6.07, 6.45) is 7.67. The van der Waals surface area contributed by atoms with Gasteiger partial charge in [-0.2, -0.15) is 5.10 Å². The van der Waals surface area contributed by atoms with E-state index in [-0.39, 0.29) is 6.03 Å². The summed E-state index contributed by atoms with van der Waals surface area (Å²) in [5, 5.41) is 16.5. The Balaban J connectivity index is 1.39. The highest BCUT2D eigenvalue weighted by Crippen LogP contribution is 2.23. The fraction of sp³-hybridized carbons (Fsp3) is 0.500. The number of methoxy groups -OCH3 is 1. The first-order chi connectivity index (χ1) is 13.1. The molecule has 0 atom stereocenters. The van der Waals surface area contributed by atoms with Gasteiger partial charge in [-0.05, 0) is 49.3 Å². The molecule has 2 heterocycles. The lowest BCUT2D eigenvalue weighted by Gasteiger charge is -2.32. The Labute approximate surface area is 159 Å². The van der Waals surface area contributed by atoms with Crippen molar-refractivity contribution in [2.24, 2.45) is 5.92 Å². The molecule has 0 spiro atoms. The highest BCUT2D eigenvalue weighted by molar-refractivity contribution is 5.89. The topological polar surface area (TPSA) is 79.6 Å². The Morgan fingerprint density at radius 3 is 2.74 bits per heavy atom. The SMILES string of the molecule is COCCn1cc(NC(=O)N2CCC(CCc3ccc(O)cc3)CC2)cn1. The number of likely N-dealkylation sites (tertiary alicyclic amines) is 1. The van der Waals surface area contributed by atoms with Crippen LogP contribution in [0.3, 0.4) is 0 Å². The van der Waals surface area contributed by atoms with E-state index in [0.717, 1.165) is 38.8 Å². The smallest absolute Gasteiger partial charge is 0.321 e. The van der Waals surface area contributed by atoms with Crippen LogP contribution in [-0.2, 0) is 17.7 Å². The van der Waals surface area contributed by atoms with E-state index in [1.54, 1.807) is 30.1 Å². The highest BCUT2D eigenvalue weighted by atomic mass is 16.5. The maximum atomic E-state index is 12.4. The van der Waals surface area contributed by atoms with Crippen molar-refractivity contribution in [2.45, 2.75) is 32.2 Å². The van der Waals surface area contributed by atoms with Crippen molar-refractivity contribution in [3.63, 3.8) is 0 Å². The first kappa shape index (κ1) is 19.2. The van der Waals surface area contributed by atoms with Crippen LogP contribution in [0.1, 0.15) is 24.8 Å². The molecule has 0 unspecified atom stereocenters. The molecule has 0 bridgehead atoms. The summed E-state index contributed by atoms with van der Waals surface area (Å²) in [5.41, 5.74) is 1.96. The number of nitrogens with zero attached hydrogens (tertiary/aromatic N) is 3. The molecule has 1 aliphatic rings. The third kappa shape index (κ3) is 5.72. The van der Waals surface area contributed by atoms with Gasteiger partial charge in [0.2, 0.25) is 0 Å². The number of aryl methyl sites for hydroxylation is 1. The van der Waals surface area contributed by atoms with Gasteiger partial charge in [0.1, 0.15) is 5.75 Å². The molecule has 7 heteroatoms. The summed E-state index contributed by atoms with van der Waals surface area (Å²) < 4.78 is 6.79. The molecule has 0 aliphatic carbocycles. The van der Waals surface area contributed by atoms with Gasteiger partial charge in [0, 0.05) is 26.4 Å². The minimum Gasteiger partial charge on any atom is -0.508 e. The molecule has 0 radical (unpaired) electrons. The number of rotatable bonds is 7. The maximum absolute atomic E-state index is 12.4. The average Bonchev–Trinajstić information content (AvgIpc) is 3.13. The molecule has 2 aromatic rings. The van der Waals surface area contributed by atoms with E-state index >= 15 is 0 Å². The second-order valence-electron chi connectivity index (χ2n) is 7.05. The number of aromatic hydroxyl groups is 1. The van der Waals surface area contributed by atoms with E-state index in [0.29, 0.717) is 30.5 Å². The lowest BCUT2D eigenvalue weighted by molar-refractivity contribution is 0.180. The zero-order valence-electron chi connectivity index (χ0n) is 15.8. The number of anilines is 1. The molecule has 1 aliphatic heterocycles. The third-order valence-electron chi connectivity index (χ3n) is 5.09. The number of amides is 2. The molecule has 1 fully saturated rings. The summed E-state index contributed by atoms with van der Waals surface area (Å²) in [5.74, 6) is 0.946. The lowest BCUT2D eigenvalue weighted by Crippen LogP contribution is -2.41. The van der Waals surface area contributed by atoms with Gasteiger partial charge in [-0.3, -0.25) is 4.68 Å². The summed E-state index contributed by atoms with van der Waals surface area (Å²) in [6, 6.07) is 7.37. The second kappa shape index (κ2) is 9.41. The molecule has 1 saturated heterocycles. The minimum atomic E-state index is -0.0572. The number of aromatic nitrogens is 2. The molecular weight excluding hydrogens is 344 g/mol. The minimum absolute atomic E-state index is 0.0572. The molecule has 1 aromatic heterocycles. The van der Waals surface area contributed by atoms with Crippen molar-refractivity contribution < 1.29 is 14.6 Å². The van der Waals surface area contributed by atoms with Gasteiger partial charge in [-0.25, -0.2) is 4.79 Å². The lowest BCUT2D eigenvalue weighted by atomic mass is 9.90. The van der Waals surface area contributed by atoms with Gasteiger partial charge in [0.05, 0.1) is 25.0 Å². The van der Waals surface area contributed by atoms with Crippen LogP contribution in [0.5, 0.6) is 5.75 Å². The number of hydrogen-bond donors (Lipinski definition) is 2. The normalized spacial score (nSPS) is 15.1. The van der Waals surface area contributed by atoms with E-state index in [4.69, 9.17) is 4.74 Å². The van der Waals surface area contributed by atoms with Crippen molar-refractivity contribution in [1.29, 1.82) is 0 Å². The number of piperidine rings is 1. The van der Waals surface area contributed by atoms with Gasteiger partial charge in [0.25, 0.3) is 0 Å². The Morgan fingerprint density at radius 1 is 1.30 bits per heavy atom. The number of benzene rings is 1. The average molecular weight is 372 g/mol. The molecule has 146 valence electrons. The highest BCUT2D eigenvalue weighted by Gasteiger charge is 2.23. The number of hydrogen-bond acceptors (Lipinski definition) is 4. The molecular formula is C20H28N4O3. The molecule has 7 nitrogen and oxygen atoms in total. The van der Waals surface area contributed by atoms with Crippen LogP contribution in [0.2, 0.25) is 0 Å². The summed E-state index contributed by atoms with van der Waals surface area (Å²) in [4.78, 5) is 14.3. The predicted octanol–water partition coefficient (Wildman–Crippen LogP) is 3.11. The quantitative estimate of drug-likeness (QED) is 0.783. The van der Waals surface area contributed by atoms with Crippen LogP contribution in [-0.4, -0.2) is 52.6 Å². The number of carbonyl (C=O) groups is 1. The van der Waals surface area contributed by atoms with Crippen molar-refractivity contribution in [2.75, 3.05) is 32.1 Å². The summed E-state index contributed by atoms with van der Waals surface area (Å²) >= 11 is 0. The van der Waals surface area contributed by atoms with Crippen LogP contribution in [0.25, 0.3) is 0 Å². The van der Waals surface area contributed by atoms with Crippen LogP contribution < -0.4 is 5.32 Å². The largest absolute Gasteiger partial charge is 0.508 e. The van der Waals surface area contributed by atoms with Gasteiger partial charge in [-0.15, -0.1) is 0 Å². The Morgan fingerprint density at radius 2 is 2.04 bits per heavy atom. The van der Waals surface area contributed by atoms with E-state index < -0.39 is 0 Å². The summed E-state index contributed by atoms with van der Waals surface area (Å²) in [6.45, 7) is 2.82. The zero-order chi connectivity index (χ0) is 19.1. The summed E-state index contributed by atoms with van der Waals surface area (Å²) in [7, 11) is 1.65. The molecule has 3 rings (SSSR count). The predicted molar refractivity (Wildman–Crippen MR) is 104 cm³/mol. The zero-order valence-corrected chi connectivity index (χ0v) is 15.8. The second-order valence-corrected chi connectivity index (χ2v) is 7.05. The molecule has 1 aromatic carbocycles.